The Morgan fingerprint density at radius 3 is 2.67 bits per heavy atom. The van der Waals surface area contributed by atoms with E-state index in [1.165, 1.54) is 5.56 Å². The van der Waals surface area contributed by atoms with Crippen LogP contribution in [0.25, 0.3) is 5.69 Å². The van der Waals surface area contributed by atoms with E-state index in [9.17, 15) is 5.11 Å². The summed E-state index contributed by atoms with van der Waals surface area (Å²) in [6, 6.07) is 18.3. The molecular weight excluding hydrogens is 356 g/mol. The zero-order valence-electron chi connectivity index (χ0n) is 15.1. The molecule has 2 N–H and O–H groups in total. The summed E-state index contributed by atoms with van der Waals surface area (Å²) in [5, 5.41) is 13.6. The summed E-state index contributed by atoms with van der Waals surface area (Å²) in [4.78, 5) is 6.60. The number of aromatic nitrogens is 2. The molecule has 4 rings (SSSR count). The molecule has 0 radical (unpaired) electrons. The molecule has 0 amide bonds. The van der Waals surface area contributed by atoms with Gasteiger partial charge in [0.15, 0.2) is 5.11 Å². The second-order valence-corrected chi connectivity index (χ2v) is 7.02. The molecule has 1 aromatic carbocycles. The van der Waals surface area contributed by atoms with Crippen LogP contribution < -0.4 is 5.32 Å². The van der Waals surface area contributed by atoms with Gasteiger partial charge in [0.2, 0.25) is 0 Å². The summed E-state index contributed by atoms with van der Waals surface area (Å²) in [6.07, 6.45) is 3.87. The molecule has 1 fully saturated rings. The third kappa shape index (κ3) is 3.22. The molecule has 0 bridgehead atoms. The molecule has 3 heterocycles. The van der Waals surface area contributed by atoms with Crippen LogP contribution in [0.3, 0.4) is 0 Å². The number of aliphatic hydroxyl groups excluding tert-OH is 1. The van der Waals surface area contributed by atoms with E-state index in [1.807, 2.05) is 30.3 Å². The first-order valence-electron chi connectivity index (χ1n) is 9.03. The van der Waals surface area contributed by atoms with Crippen molar-refractivity contribution in [2.45, 2.75) is 19.0 Å². The van der Waals surface area contributed by atoms with Crippen molar-refractivity contribution in [3.8, 4) is 5.69 Å². The Hall–Kier alpha value is -2.70. The van der Waals surface area contributed by atoms with E-state index in [0.29, 0.717) is 11.7 Å². The van der Waals surface area contributed by atoms with Crippen LogP contribution in [0.1, 0.15) is 29.0 Å². The lowest BCUT2D eigenvalue weighted by molar-refractivity contribution is 0.220. The molecule has 2 atom stereocenters. The molecule has 1 aliphatic rings. The molecule has 5 nitrogen and oxygen atoms in total. The van der Waals surface area contributed by atoms with Gasteiger partial charge < -0.3 is 19.9 Å². The van der Waals surface area contributed by atoms with Gasteiger partial charge in [-0.25, -0.2) is 0 Å². The monoisotopic (exact) mass is 378 g/mol. The molecule has 2 aromatic heterocycles. The van der Waals surface area contributed by atoms with Crippen LogP contribution in [-0.4, -0.2) is 37.8 Å². The second-order valence-electron chi connectivity index (χ2n) is 6.63. The van der Waals surface area contributed by atoms with E-state index in [1.54, 1.807) is 6.20 Å². The molecule has 0 unspecified atom stereocenters. The van der Waals surface area contributed by atoms with Crippen LogP contribution in [-0.2, 0) is 0 Å². The summed E-state index contributed by atoms with van der Waals surface area (Å²) in [5.41, 5.74) is 4.38. The van der Waals surface area contributed by atoms with E-state index < -0.39 is 0 Å². The van der Waals surface area contributed by atoms with Crippen molar-refractivity contribution in [2.75, 3.05) is 13.2 Å². The van der Waals surface area contributed by atoms with Gasteiger partial charge in [-0.05, 0) is 55.0 Å². The minimum Gasteiger partial charge on any atom is -0.395 e. The van der Waals surface area contributed by atoms with Crippen molar-refractivity contribution in [3.63, 3.8) is 0 Å². The van der Waals surface area contributed by atoms with Crippen LogP contribution in [0.5, 0.6) is 0 Å². The molecular formula is C21H22N4OS. The summed E-state index contributed by atoms with van der Waals surface area (Å²) in [5.74, 6) is 0. The fraction of sp³-hybridized carbons (Fsp3) is 0.238. The van der Waals surface area contributed by atoms with E-state index in [2.05, 4.69) is 57.2 Å². The SMILES string of the molecule is Cc1ccccc1-n1cccc1[C@@H]1[C@@H](c2ccccn2)NC(=S)N1CCO. The molecule has 0 saturated carbocycles. The Labute approximate surface area is 164 Å². The Balaban J connectivity index is 1.83. The highest BCUT2D eigenvalue weighted by atomic mass is 32.1. The summed E-state index contributed by atoms with van der Waals surface area (Å²) in [6.45, 7) is 2.62. The Morgan fingerprint density at radius 2 is 1.93 bits per heavy atom. The van der Waals surface area contributed by atoms with E-state index in [4.69, 9.17) is 12.2 Å². The lowest BCUT2D eigenvalue weighted by Crippen LogP contribution is -2.33. The highest BCUT2D eigenvalue weighted by Crippen LogP contribution is 2.39. The number of pyridine rings is 1. The Bertz CT molecular complexity index is 940. The van der Waals surface area contributed by atoms with E-state index >= 15 is 0 Å². The van der Waals surface area contributed by atoms with Gasteiger partial charge in [-0.2, -0.15) is 0 Å². The van der Waals surface area contributed by atoms with Crippen LogP contribution in [0.15, 0.2) is 67.0 Å². The van der Waals surface area contributed by atoms with Gasteiger partial charge in [0, 0.05) is 30.3 Å². The standard InChI is InChI=1S/C21H22N4OS/c1-15-7-2-3-9-17(15)24-12-6-10-18(24)20-19(16-8-4-5-11-22-16)23-21(27)25(20)13-14-26/h2-12,19-20,26H,13-14H2,1H3,(H,23,27)/t19-,20-/m1/s1. The zero-order chi connectivity index (χ0) is 18.8. The number of benzene rings is 1. The van der Waals surface area contributed by atoms with Crippen LogP contribution in [0.2, 0.25) is 0 Å². The Kier molecular flexibility index (Phi) is 4.92. The minimum atomic E-state index is -0.0806. The number of para-hydroxylation sites is 1. The number of aliphatic hydroxyl groups is 1. The lowest BCUT2D eigenvalue weighted by Gasteiger charge is -2.28. The number of nitrogens with zero attached hydrogens (tertiary/aromatic N) is 3. The highest BCUT2D eigenvalue weighted by molar-refractivity contribution is 7.80. The fourth-order valence-corrected chi connectivity index (χ4v) is 4.10. The molecule has 1 aliphatic heterocycles. The van der Waals surface area contributed by atoms with Gasteiger partial charge in [0.1, 0.15) is 0 Å². The number of hydrogen-bond donors (Lipinski definition) is 2. The van der Waals surface area contributed by atoms with Gasteiger partial charge in [0.05, 0.1) is 24.4 Å². The van der Waals surface area contributed by atoms with Gasteiger partial charge in [-0.1, -0.05) is 24.3 Å². The molecule has 6 heteroatoms. The van der Waals surface area contributed by atoms with Crippen molar-refractivity contribution >= 4 is 17.3 Å². The topological polar surface area (TPSA) is 53.3 Å². The van der Waals surface area contributed by atoms with Crippen molar-refractivity contribution in [1.82, 2.24) is 19.8 Å². The number of nitrogens with one attached hydrogen (secondary N) is 1. The summed E-state index contributed by atoms with van der Waals surface area (Å²) >= 11 is 5.59. The van der Waals surface area contributed by atoms with E-state index in [-0.39, 0.29) is 18.7 Å². The number of hydrogen-bond acceptors (Lipinski definition) is 3. The zero-order valence-corrected chi connectivity index (χ0v) is 15.9. The first-order valence-corrected chi connectivity index (χ1v) is 9.43. The van der Waals surface area contributed by atoms with Crippen LogP contribution >= 0.6 is 12.2 Å². The van der Waals surface area contributed by atoms with Crippen LogP contribution in [0, 0.1) is 6.92 Å². The van der Waals surface area contributed by atoms with Crippen molar-refractivity contribution in [3.05, 3.63) is 83.9 Å². The third-order valence-electron chi connectivity index (χ3n) is 5.00. The van der Waals surface area contributed by atoms with Gasteiger partial charge >= 0.3 is 0 Å². The van der Waals surface area contributed by atoms with Gasteiger partial charge in [-0.15, -0.1) is 0 Å². The number of aryl methyl sites for hydroxylation is 1. The molecule has 27 heavy (non-hydrogen) atoms. The first kappa shape index (κ1) is 17.7. The summed E-state index contributed by atoms with van der Waals surface area (Å²) < 4.78 is 2.20. The van der Waals surface area contributed by atoms with Crippen molar-refractivity contribution in [2.24, 2.45) is 0 Å². The third-order valence-corrected chi connectivity index (χ3v) is 5.35. The molecule has 0 aliphatic carbocycles. The highest BCUT2D eigenvalue weighted by Gasteiger charge is 2.40. The smallest absolute Gasteiger partial charge is 0.170 e. The maximum Gasteiger partial charge on any atom is 0.170 e. The first-order chi connectivity index (χ1) is 13.2. The Morgan fingerprint density at radius 1 is 1.11 bits per heavy atom. The average molecular weight is 379 g/mol. The average Bonchev–Trinajstić information content (AvgIpc) is 3.28. The predicted octanol–water partition coefficient (Wildman–Crippen LogP) is 3.15. The van der Waals surface area contributed by atoms with Gasteiger partial charge in [-0.3, -0.25) is 4.98 Å². The molecule has 1 saturated heterocycles. The second kappa shape index (κ2) is 7.50. The largest absolute Gasteiger partial charge is 0.395 e. The van der Waals surface area contributed by atoms with Crippen LogP contribution in [0.4, 0.5) is 0 Å². The fourth-order valence-electron chi connectivity index (χ4n) is 3.76. The van der Waals surface area contributed by atoms with Crippen molar-refractivity contribution < 1.29 is 5.11 Å². The van der Waals surface area contributed by atoms with Crippen molar-refractivity contribution in [1.29, 1.82) is 0 Å². The lowest BCUT2D eigenvalue weighted by atomic mass is 10.0. The molecule has 0 spiro atoms. The number of rotatable bonds is 5. The molecule has 3 aromatic rings. The number of β-amino-alcohol motifs (C(OH)–C–C–N with tert-alkyl or cyclic N) is 1. The summed E-state index contributed by atoms with van der Waals surface area (Å²) in [7, 11) is 0. The minimum absolute atomic E-state index is 0.0400. The predicted molar refractivity (Wildman–Crippen MR) is 110 cm³/mol. The van der Waals surface area contributed by atoms with E-state index in [0.717, 1.165) is 17.1 Å². The maximum absolute atomic E-state index is 9.60. The number of thiocarbonyl (C=S) groups is 1. The van der Waals surface area contributed by atoms with Gasteiger partial charge in [0.25, 0.3) is 0 Å². The quantitative estimate of drug-likeness (QED) is 0.668. The normalized spacial score (nSPS) is 19.3. The maximum atomic E-state index is 9.60. The molecule has 138 valence electrons.